The van der Waals surface area contributed by atoms with Crippen LogP contribution in [0.5, 0.6) is 11.5 Å². The second-order valence-corrected chi connectivity index (χ2v) is 10.8. The zero-order valence-corrected chi connectivity index (χ0v) is 21.1. The highest BCUT2D eigenvalue weighted by molar-refractivity contribution is 7.91. The maximum Gasteiger partial charge on any atom is 0.303 e. The maximum atomic E-state index is 12.7. The van der Waals surface area contributed by atoms with Gasteiger partial charge in [-0.25, -0.2) is 8.42 Å². The van der Waals surface area contributed by atoms with E-state index in [-0.39, 0.29) is 65.3 Å². The summed E-state index contributed by atoms with van der Waals surface area (Å²) in [6, 6.07) is 8.84. The first-order valence-electron chi connectivity index (χ1n) is 11.5. The number of carboxylic acid groups (broad SMARTS) is 1. The van der Waals surface area contributed by atoms with Crippen molar-refractivity contribution in [1.82, 2.24) is 0 Å². The first-order chi connectivity index (χ1) is 16.4. The summed E-state index contributed by atoms with van der Waals surface area (Å²) in [7, 11) is -3.59. The number of ketones is 2. The lowest BCUT2D eigenvalue weighted by Crippen LogP contribution is -2.12. The fourth-order valence-electron chi connectivity index (χ4n) is 3.66. The molecule has 2 aromatic rings. The van der Waals surface area contributed by atoms with E-state index in [0.717, 1.165) is 0 Å². The van der Waals surface area contributed by atoms with E-state index in [1.54, 1.807) is 6.07 Å². The summed E-state index contributed by atoms with van der Waals surface area (Å²) < 4.78 is 31.1. The summed E-state index contributed by atoms with van der Waals surface area (Å²) in [6.07, 6.45) is 1.29. The summed E-state index contributed by atoms with van der Waals surface area (Å²) in [5.41, 5.74) is 1.10. The number of sulfone groups is 1. The molecule has 0 aliphatic rings. The highest BCUT2D eigenvalue weighted by Crippen LogP contribution is 2.37. The van der Waals surface area contributed by atoms with E-state index in [1.807, 2.05) is 13.8 Å². The van der Waals surface area contributed by atoms with Crippen LogP contribution in [0.2, 0.25) is 0 Å². The molecule has 0 amide bonds. The van der Waals surface area contributed by atoms with Gasteiger partial charge in [-0.3, -0.25) is 14.4 Å². The van der Waals surface area contributed by atoms with Crippen LogP contribution in [0.4, 0.5) is 0 Å². The molecule has 8 nitrogen and oxygen atoms in total. The molecule has 35 heavy (non-hydrogen) atoms. The van der Waals surface area contributed by atoms with E-state index >= 15 is 0 Å². The lowest BCUT2D eigenvalue weighted by Gasteiger charge is -2.17. The van der Waals surface area contributed by atoms with Gasteiger partial charge in [-0.1, -0.05) is 26.0 Å². The zero-order valence-electron chi connectivity index (χ0n) is 20.2. The lowest BCUT2D eigenvalue weighted by atomic mass is 9.96. The van der Waals surface area contributed by atoms with E-state index in [0.29, 0.717) is 29.7 Å². The van der Waals surface area contributed by atoms with Crippen LogP contribution in [0.1, 0.15) is 85.1 Å². The van der Waals surface area contributed by atoms with Gasteiger partial charge in [0.1, 0.15) is 11.5 Å². The van der Waals surface area contributed by atoms with Gasteiger partial charge in [-0.15, -0.1) is 0 Å². The number of phenols is 1. The Morgan fingerprint density at radius 2 is 1.57 bits per heavy atom. The maximum absolute atomic E-state index is 12.7. The second-order valence-electron chi connectivity index (χ2n) is 8.65. The summed E-state index contributed by atoms with van der Waals surface area (Å²) in [5, 5.41) is 19.1. The van der Waals surface area contributed by atoms with Crippen LogP contribution in [-0.4, -0.2) is 48.5 Å². The molecular formula is C26H32O8S. The standard InChI is InChI=1S/C26H32O8S/c1-17(2)25-23(14-13-21(18(3)27)26(25)31)34-15-6-16-35(32,33)20-11-9-19(10-12-20)22(28)7-4-5-8-24(29)30/h9-14,17,31H,4-8,15-16H2,1-3H3,(H,29,30). The van der Waals surface area contributed by atoms with Crippen molar-refractivity contribution < 1.29 is 37.8 Å². The van der Waals surface area contributed by atoms with Crippen LogP contribution in [-0.2, 0) is 14.6 Å². The van der Waals surface area contributed by atoms with Crippen molar-refractivity contribution in [2.24, 2.45) is 0 Å². The molecule has 0 aromatic heterocycles. The average molecular weight is 505 g/mol. The zero-order chi connectivity index (χ0) is 26.2. The van der Waals surface area contributed by atoms with Crippen LogP contribution in [0.3, 0.4) is 0 Å². The number of aromatic hydroxyl groups is 1. The first kappa shape index (κ1) is 28.0. The van der Waals surface area contributed by atoms with Crippen molar-refractivity contribution in [2.75, 3.05) is 12.4 Å². The quantitative estimate of drug-likeness (QED) is 0.277. The normalized spacial score (nSPS) is 11.4. The molecule has 0 unspecified atom stereocenters. The third-order valence-electron chi connectivity index (χ3n) is 5.53. The van der Waals surface area contributed by atoms with Crippen LogP contribution in [0, 0.1) is 0 Å². The van der Waals surface area contributed by atoms with Gasteiger partial charge in [-0.2, -0.15) is 0 Å². The number of hydrogen-bond donors (Lipinski definition) is 2. The predicted octanol–water partition coefficient (Wildman–Crippen LogP) is 4.79. The minimum atomic E-state index is -3.59. The van der Waals surface area contributed by atoms with Crippen LogP contribution in [0.15, 0.2) is 41.3 Å². The second kappa shape index (κ2) is 12.5. The van der Waals surface area contributed by atoms with E-state index < -0.39 is 15.8 Å². The highest BCUT2D eigenvalue weighted by atomic mass is 32.2. The number of carboxylic acids is 1. The van der Waals surface area contributed by atoms with E-state index in [1.165, 1.54) is 37.3 Å². The van der Waals surface area contributed by atoms with Gasteiger partial charge in [0.2, 0.25) is 0 Å². The Kier molecular flexibility index (Phi) is 10.0. The molecule has 0 aliphatic heterocycles. The Bertz CT molecular complexity index is 1160. The molecule has 0 bridgehead atoms. The monoisotopic (exact) mass is 504 g/mol. The topological polar surface area (TPSA) is 135 Å². The fraction of sp³-hybridized carbons (Fsp3) is 0.423. The number of Topliss-reactive ketones (excluding diaryl/α,β-unsaturated/α-hetero) is 2. The minimum Gasteiger partial charge on any atom is -0.507 e. The third kappa shape index (κ3) is 7.92. The van der Waals surface area contributed by atoms with Crippen molar-refractivity contribution in [2.45, 2.75) is 63.7 Å². The van der Waals surface area contributed by atoms with Crippen molar-refractivity contribution in [3.63, 3.8) is 0 Å². The molecule has 0 saturated carbocycles. The number of ether oxygens (including phenoxy) is 1. The van der Waals surface area contributed by atoms with Crippen LogP contribution in [0.25, 0.3) is 0 Å². The largest absolute Gasteiger partial charge is 0.507 e. The number of hydrogen-bond acceptors (Lipinski definition) is 7. The smallest absolute Gasteiger partial charge is 0.303 e. The Hall–Kier alpha value is -3.20. The third-order valence-corrected chi connectivity index (χ3v) is 7.35. The van der Waals surface area contributed by atoms with Crippen molar-refractivity contribution >= 4 is 27.4 Å². The minimum absolute atomic E-state index is 0.0118. The molecular weight excluding hydrogens is 472 g/mol. The van der Waals surface area contributed by atoms with Crippen molar-refractivity contribution in [3.8, 4) is 11.5 Å². The number of unbranched alkanes of at least 4 members (excludes halogenated alkanes) is 1. The van der Waals surface area contributed by atoms with Gasteiger partial charge < -0.3 is 14.9 Å². The number of aliphatic carboxylic acids is 1. The molecule has 0 fully saturated rings. The van der Waals surface area contributed by atoms with Crippen molar-refractivity contribution in [1.29, 1.82) is 0 Å². The fourth-order valence-corrected chi connectivity index (χ4v) is 4.94. The molecule has 0 saturated heterocycles. The molecule has 9 heteroatoms. The molecule has 2 rings (SSSR count). The number of rotatable bonds is 14. The molecule has 2 aromatic carbocycles. The molecule has 0 spiro atoms. The first-order valence-corrected chi connectivity index (χ1v) is 13.2. The van der Waals surface area contributed by atoms with E-state index in [2.05, 4.69) is 0 Å². The molecule has 190 valence electrons. The average Bonchev–Trinajstić information content (AvgIpc) is 2.79. The number of carbonyl (C=O) groups is 3. The van der Waals surface area contributed by atoms with Gasteiger partial charge >= 0.3 is 5.97 Å². The van der Waals surface area contributed by atoms with Gasteiger partial charge in [-0.05, 0) is 56.4 Å². The van der Waals surface area contributed by atoms with Crippen molar-refractivity contribution in [3.05, 3.63) is 53.1 Å². The van der Waals surface area contributed by atoms with Crippen LogP contribution < -0.4 is 4.74 Å². The summed E-state index contributed by atoms with van der Waals surface area (Å²) in [6.45, 7) is 5.20. The summed E-state index contributed by atoms with van der Waals surface area (Å²) >= 11 is 0. The molecule has 0 heterocycles. The Morgan fingerprint density at radius 3 is 2.14 bits per heavy atom. The van der Waals surface area contributed by atoms with Gasteiger partial charge in [0.25, 0.3) is 0 Å². The lowest BCUT2D eigenvalue weighted by molar-refractivity contribution is -0.137. The molecule has 2 N–H and O–H groups in total. The SMILES string of the molecule is CC(=O)c1ccc(OCCCS(=O)(=O)c2ccc(C(=O)CCCCC(=O)O)cc2)c(C(C)C)c1O. The number of benzene rings is 2. The van der Waals surface area contributed by atoms with E-state index in [9.17, 15) is 27.9 Å². The highest BCUT2D eigenvalue weighted by Gasteiger charge is 2.20. The Morgan fingerprint density at radius 1 is 0.943 bits per heavy atom. The molecule has 0 aliphatic carbocycles. The number of phenolic OH excluding ortho intramolecular Hbond substituents is 1. The van der Waals surface area contributed by atoms with Gasteiger partial charge in [0, 0.05) is 24.0 Å². The summed E-state index contributed by atoms with van der Waals surface area (Å²) in [4.78, 5) is 34.5. The predicted molar refractivity (Wildman–Crippen MR) is 131 cm³/mol. The molecule has 0 atom stereocenters. The molecule has 0 radical (unpaired) electrons. The van der Waals surface area contributed by atoms with Gasteiger partial charge in [0.15, 0.2) is 21.4 Å². The van der Waals surface area contributed by atoms with Crippen LogP contribution >= 0.6 is 0 Å². The van der Waals surface area contributed by atoms with Gasteiger partial charge in [0.05, 0.1) is 22.8 Å². The van der Waals surface area contributed by atoms with E-state index in [4.69, 9.17) is 9.84 Å². The Labute approximate surface area is 205 Å². The summed E-state index contributed by atoms with van der Waals surface area (Å²) in [5.74, 6) is -1.29. The Balaban J connectivity index is 1.94. The number of carbonyl (C=O) groups excluding carboxylic acids is 2.